The van der Waals surface area contributed by atoms with Crippen molar-refractivity contribution in [3.8, 4) is 28.7 Å². The van der Waals surface area contributed by atoms with Crippen molar-refractivity contribution in [1.82, 2.24) is 14.1 Å². The SMILES string of the molecule is CC(C)c1ccc(-[n+]2[c-]n(-c3cc(Oc4ccc5c6ccccc6n(-c6cc(C(C)(C)C)ccn6)c5c4)cc(C(C)(C)C)c3)c3ccccc32)cc1. The van der Waals surface area contributed by atoms with E-state index in [1.807, 2.05) is 6.20 Å². The Morgan fingerprint density at radius 2 is 1.33 bits per heavy atom. The molecule has 0 atom stereocenters. The van der Waals surface area contributed by atoms with Gasteiger partial charge in [-0.15, -0.1) is 0 Å². The number of aromatic nitrogens is 4. The summed E-state index contributed by atoms with van der Waals surface area (Å²) < 4.78 is 13.4. The fourth-order valence-electron chi connectivity index (χ4n) is 7.06. The van der Waals surface area contributed by atoms with Crippen LogP contribution in [0.5, 0.6) is 11.5 Å². The van der Waals surface area contributed by atoms with E-state index < -0.39 is 0 Å². The quantitative estimate of drug-likeness (QED) is 0.129. The van der Waals surface area contributed by atoms with Gasteiger partial charge in [-0.25, -0.2) is 4.98 Å². The Hall–Kier alpha value is -5.68. The molecule has 0 aliphatic carbocycles. The van der Waals surface area contributed by atoms with Crippen LogP contribution in [0.1, 0.15) is 78.0 Å². The van der Waals surface area contributed by atoms with Crippen molar-refractivity contribution >= 4 is 32.8 Å². The van der Waals surface area contributed by atoms with Crippen molar-refractivity contribution in [3.63, 3.8) is 0 Å². The molecule has 0 unspecified atom stereocenters. The van der Waals surface area contributed by atoms with E-state index in [-0.39, 0.29) is 10.8 Å². The fraction of sp³-hybridized carbons (Fsp3) is 0.234. The van der Waals surface area contributed by atoms with Gasteiger partial charge in [0.25, 0.3) is 6.33 Å². The van der Waals surface area contributed by atoms with Gasteiger partial charge in [0.15, 0.2) is 0 Å². The van der Waals surface area contributed by atoms with Crippen molar-refractivity contribution in [2.24, 2.45) is 0 Å². The molecule has 3 aromatic heterocycles. The molecule has 52 heavy (non-hydrogen) atoms. The molecule has 5 aromatic carbocycles. The van der Waals surface area contributed by atoms with E-state index in [1.165, 1.54) is 22.1 Å². The lowest BCUT2D eigenvalue weighted by atomic mass is 9.86. The van der Waals surface area contributed by atoms with Gasteiger partial charge in [-0.3, -0.25) is 13.7 Å². The van der Waals surface area contributed by atoms with Gasteiger partial charge in [-0.1, -0.05) is 110 Å². The third-order valence-electron chi connectivity index (χ3n) is 10.1. The van der Waals surface area contributed by atoms with E-state index in [0.717, 1.165) is 56.1 Å². The third-order valence-corrected chi connectivity index (χ3v) is 10.1. The Kier molecular flexibility index (Phi) is 8.06. The zero-order valence-electron chi connectivity index (χ0n) is 31.4. The predicted octanol–water partition coefficient (Wildman–Crippen LogP) is 11.7. The molecule has 0 amide bonds. The second-order valence-electron chi connectivity index (χ2n) is 16.3. The van der Waals surface area contributed by atoms with E-state index in [0.29, 0.717) is 5.92 Å². The summed E-state index contributed by atoms with van der Waals surface area (Å²) in [6.45, 7) is 17.9. The highest BCUT2D eigenvalue weighted by molar-refractivity contribution is 6.09. The lowest BCUT2D eigenvalue weighted by Crippen LogP contribution is -2.29. The van der Waals surface area contributed by atoms with Crippen molar-refractivity contribution in [2.75, 3.05) is 0 Å². The van der Waals surface area contributed by atoms with Crippen LogP contribution in [0.4, 0.5) is 0 Å². The molecule has 8 rings (SSSR count). The number of pyridine rings is 1. The smallest absolute Gasteiger partial charge is 0.269 e. The van der Waals surface area contributed by atoms with Gasteiger partial charge in [0, 0.05) is 23.0 Å². The summed E-state index contributed by atoms with van der Waals surface area (Å²) in [4.78, 5) is 4.87. The maximum absolute atomic E-state index is 6.82. The summed E-state index contributed by atoms with van der Waals surface area (Å²) in [6.07, 6.45) is 5.61. The summed E-state index contributed by atoms with van der Waals surface area (Å²) in [7, 11) is 0. The lowest BCUT2D eigenvalue weighted by Gasteiger charge is -2.22. The number of rotatable bonds is 6. The maximum atomic E-state index is 6.82. The molecule has 5 nitrogen and oxygen atoms in total. The number of fused-ring (bicyclic) bond motifs is 4. The normalized spacial score (nSPS) is 12.4. The zero-order chi connectivity index (χ0) is 36.4. The molecule has 8 aromatic rings. The Balaban J connectivity index is 1.25. The molecule has 0 spiro atoms. The van der Waals surface area contributed by atoms with Gasteiger partial charge in [-0.2, -0.15) is 0 Å². The highest BCUT2D eigenvalue weighted by atomic mass is 16.5. The van der Waals surface area contributed by atoms with Crippen LogP contribution < -0.4 is 9.30 Å². The molecular weight excluding hydrogens is 637 g/mol. The summed E-state index contributed by atoms with van der Waals surface area (Å²) >= 11 is 0. The largest absolute Gasteiger partial charge is 0.458 e. The Morgan fingerprint density at radius 1 is 0.635 bits per heavy atom. The molecule has 0 saturated carbocycles. The first-order valence-electron chi connectivity index (χ1n) is 18.2. The van der Waals surface area contributed by atoms with Crippen LogP contribution in [0.2, 0.25) is 0 Å². The minimum Gasteiger partial charge on any atom is -0.458 e. The molecule has 0 radical (unpaired) electrons. The number of hydrogen-bond donors (Lipinski definition) is 0. The van der Waals surface area contributed by atoms with Crippen LogP contribution in [0.15, 0.2) is 128 Å². The fourth-order valence-corrected chi connectivity index (χ4v) is 7.06. The Bertz CT molecular complexity index is 2590. The van der Waals surface area contributed by atoms with E-state index in [4.69, 9.17) is 9.72 Å². The predicted molar refractivity (Wildman–Crippen MR) is 214 cm³/mol. The van der Waals surface area contributed by atoms with Crippen molar-refractivity contribution < 1.29 is 9.30 Å². The topological polar surface area (TPSA) is 35.9 Å². The van der Waals surface area contributed by atoms with Crippen LogP contribution >= 0.6 is 0 Å². The van der Waals surface area contributed by atoms with Gasteiger partial charge in [-0.05, 0) is 94.1 Å². The summed E-state index contributed by atoms with van der Waals surface area (Å²) in [6, 6.07) is 43.1. The molecular formula is C47H46N4O. The lowest BCUT2D eigenvalue weighted by molar-refractivity contribution is -0.572. The van der Waals surface area contributed by atoms with Gasteiger partial charge in [0.1, 0.15) is 17.3 Å². The molecule has 3 heterocycles. The van der Waals surface area contributed by atoms with Crippen molar-refractivity contribution in [2.45, 2.75) is 72.1 Å². The summed E-state index contributed by atoms with van der Waals surface area (Å²) in [5, 5.41) is 2.35. The first-order chi connectivity index (χ1) is 24.8. The third kappa shape index (κ3) is 6.04. The molecule has 0 N–H and O–H groups in total. The van der Waals surface area contributed by atoms with Crippen LogP contribution in [0.25, 0.3) is 50.0 Å². The van der Waals surface area contributed by atoms with Gasteiger partial charge in [0.05, 0.1) is 33.4 Å². The number of benzene rings is 5. The van der Waals surface area contributed by atoms with Crippen molar-refractivity contribution in [1.29, 1.82) is 0 Å². The summed E-state index contributed by atoms with van der Waals surface area (Å²) in [5.74, 6) is 2.91. The van der Waals surface area contributed by atoms with Crippen LogP contribution in [-0.2, 0) is 10.8 Å². The molecule has 260 valence electrons. The highest BCUT2D eigenvalue weighted by Gasteiger charge is 2.21. The van der Waals surface area contributed by atoms with Gasteiger partial charge < -0.3 is 4.74 Å². The Labute approximate surface area is 306 Å². The molecule has 0 fully saturated rings. The molecule has 0 bridgehead atoms. The first-order valence-corrected chi connectivity index (χ1v) is 18.2. The standard InChI is InChI=1S/C47H46N4O/c1-31(2)32-17-19-35(20-18-32)49-30-50(43-16-12-11-15-42(43)49)36-25-34(47(6,7)8)26-38(28-36)52-37-21-22-40-39-13-9-10-14-41(39)51(44(40)29-37)45-27-33(23-24-48-45)46(3,4)5/h9-29,31H,1-8H3. The number of nitrogens with zero attached hydrogens (tertiary/aromatic N) is 4. The number of hydrogen-bond acceptors (Lipinski definition) is 2. The van der Waals surface area contributed by atoms with E-state index in [9.17, 15) is 0 Å². The monoisotopic (exact) mass is 682 g/mol. The van der Waals surface area contributed by atoms with Gasteiger partial charge in [0.2, 0.25) is 0 Å². The minimum atomic E-state index is -0.111. The Morgan fingerprint density at radius 3 is 2.06 bits per heavy atom. The van der Waals surface area contributed by atoms with Crippen LogP contribution in [-0.4, -0.2) is 14.1 Å². The summed E-state index contributed by atoms with van der Waals surface area (Å²) in [5.41, 5.74) is 10.0. The van der Waals surface area contributed by atoms with E-state index in [2.05, 4.69) is 197 Å². The van der Waals surface area contributed by atoms with E-state index >= 15 is 0 Å². The van der Waals surface area contributed by atoms with Gasteiger partial charge >= 0.3 is 0 Å². The number of para-hydroxylation sites is 3. The minimum absolute atomic E-state index is 0.000626. The average Bonchev–Trinajstić information content (AvgIpc) is 3.67. The van der Waals surface area contributed by atoms with Crippen molar-refractivity contribution in [3.05, 3.63) is 151 Å². The molecule has 5 heteroatoms. The maximum Gasteiger partial charge on any atom is 0.269 e. The molecule has 0 saturated heterocycles. The number of ether oxygens (including phenoxy) is 1. The van der Waals surface area contributed by atoms with Crippen LogP contribution in [0.3, 0.4) is 0 Å². The van der Waals surface area contributed by atoms with E-state index in [1.54, 1.807) is 0 Å². The van der Waals surface area contributed by atoms with Crippen LogP contribution in [0, 0.1) is 6.33 Å². The highest BCUT2D eigenvalue weighted by Crippen LogP contribution is 2.37. The number of imidazole rings is 1. The average molecular weight is 683 g/mol. The molecule has 0 aliphatic heterocycles. The second-order valence-corrected chi connectivity index (χ2v) is 16.3. The first kappa shape index (κ1) is 33.5. The zero-order valence-corrected chi connectivity index (χ0v) is 31.4. The molecule has 0 aliphatic rings. The second kappa shape index (κ2) is 12.5.